The van der Waals surface area contributed by atoms with Crippen molar-refractivity contribution in [2.45, 2.75) is 12.8 Å². The van der Waals surface area contributed by atoms with E-state index in [4.69, 9.17) is 15.2 Å². The van der Waals surface area contributed by atoms with Gasteiger partial charge in [-0.2, -0.15) is 0 Å². The van der Waals surface area contributed by atoms with Gasteiger partial charge >= 0.3 is 0 Å². The predicted octanol–water partition coefficient (Wildman–Crippen LogP) is 3.33. The van der Waals surface area contributed by atoms with Gasteiger partial charge in [-0.25, -0.2) is 0 Å². The van der Waals surface area contributed by atoms with Gasteiger partial charge in [0, 0.05) is 31.0 Å². The predicted molar refractivity (Wildman–Crippen MR) is 125 cm³/mol. The van der Waals surface area contributed by atoms with E-state index in [2.05, 4.69) is 4.98 Å². The smallest absolute Gasteiger partial charge is 0.261 e. The van der Waals surface area contributed by atoms with Crippen molar-refractivity contribution in [2.24, 2.45) is 11.1 Å². The van der Waals surface area contributed by atoms with Crippen LogP contribution in [0.3, 0.4) is 0 Å². The maximum atomic E-state index is 13.5. The summed E-state index contributed by atoms with van der Waals surface area (Å²) in [7, 11) is 3.03. The number of aromatic nitrogens is 1. The minimum absolute atomic E-state index is 0.226. The Morgan fingerprint density at radius 1 is 1.03 bits per heavy atom. The summed E-state index contributed by atoms with van der Waals surface area (Å²) in [5.41, 5.74) is 8.38. The van der Waals surface area contributed by atoms with Crippen LogP contribution < -0.4 is 15.2 Å². The van der Waals surface area contributed by atoms with Crippen molar-refractivity contribution < 1.29 is 19.1 Å². The third-order valence-corrected chi connectivity index (χ3v) is 6.32. The lowest BCUT2D eigenvalue weighted by atomic mass is 9.78. The average molecular weight is 446 g/mol. The van der Waals surface area contributed by atoms with Crippen LogP contribution in [-0.2, 0) is 11.2 Å². The van der Waals surface area contributed by atoms with E-state index >= 15 is 0 Å². The molecule has 1 atom stereocenters. The lowest BCUT2D eigenvalue weighted by molar-refractivity contribution is -0.126. The molecule has 0 aliphatic carbocycles. The fourth-order valence-corrected chi connectivity index (χ4v) is 4.54. The SMILES string of the molecule is COc1cccc(OC)c1C(=O)N1CCC(Cc2ccccc2-c2cccnc2)(C(N)=O)C1. The van der Waals surface area contributed by atoms with Gasteiger partial charge in [0.15, 0.2) is 0 Å². The van der Waals surface area contributed by atoms with Crippen LogP contribution in [0.1, 0.15) is 22.3 Å². The molecule has 0 spiro atoms. The summed E-state index contributed by atoms with van der Waals surface area (Å²) in [6.45, 7) is 0.641. The van der Waals surface area contributed by atoms with Crippen LogP contribution in [0, 0.1) is 5.41 Å². The zero-order chi connectivity index (χ0) is 23.4. The molecule has 0 saturated carbocycles. The molecule has 1 unspecified atom stereocenters. The Morgan fingerprint density at radius 3 is 2.39 bits per heavy atom. The second-order valence-corrected chi connectivity index (χ2v) is 8.23. The molecule has 1 aliphatic heterocycles. The van der Waals surface area contributed by atoms with Crippen LogP contribution in [-0.4, -0.2) is 49.0 Å². The highest BCUT2D eigenvalue weighted by Gasteiger charge is 2.46. The molecule has 1 fully saturated rings. The van der Waals surface area contributed by atoms with Crippen LogP contribution in [0.2, 0.25) is 0 Å². The lowest BCUT2D eigenvalue weighted by Gasteiger charge is -2.27. The summed E-state index contributed by atoms with van der Waals surface area (Å²) in [5, 5.41) is 0. The van der Waals surface area contributed by atoms with Crippen molar-refractivity contribution in [1.82, 2.24) is 9.88 Å². The summed E-state index contributed by atoms with van der Waals surface area (Å²) in [4.78, 5) is 32.1. The Labute approximate surface area is 193 Å². The number of amides is 2. The zero-order valence-corrected chi connectivity index (χ0v) is 18.8. The Balaban J connectivity index is 1.65. The molecule has 1 saturated heterocycles. The molecule has 0 radical (unpaired) electrons. The van der Waals surface area contributed by atoms with Crippen molar-refractivity contribution in [1.29, 1.82) is 0 Å². The second kappa shape index (κ2) is 9.32. The number of methoxy groups -OCH3 is 2. The van der Waals surface area contributed by atoms with Crippen LogP contribution in [0.25, 0.3) is 11.1 Å². The van der Waals surface area contributed by atoms with Crippen molar-refractivity contribution in [3.8, 4) is 22.6 Å². The van der Waals surface area contributed by atoms with E-state index in [1.165, 1.54) is 14.2 Å². The Kier molecular flexibility index (Phi) is 6.31. The van der Waals surface area contributed by atoms with E-state index in [1.807, 2.05) is 36.4 Å². The largest absolute Gasteiger partial charge is 0.496 e. The minimum atomic E-state index is -0.872. The van der Waals surface area contributed by atoms with E-state index in [0.29, 0.717) is 36.4 Å². The second-order valence-electron chi connectivity index (χ2n) is 8.23. The number of nitrogens with zero attached hydrogens (tertiary/aromatic N) is 2. The normalized spacial score (nSPS) is 17.6. The van der Waals surface area contributed by atoms with Gasteiger partial charge in [0.05, 0.1) is 19.6 Å². The molecule has 1 aliphatic rings. The number of hydrogen-bond donors (Lipinski definition) is 1. The fraction of sp³-hybridized carbons (Fsp3) is 0.269. The van der Waals surface area contributed by atoms with Gasteiger partial charge in [-0.1, -0.05) is 36.4 Å². The van der Waals surface area contributed by atoms with Gasteiger partial charge in [0.25, 0.3) is 5.91 Å². The highest BCUT2D eigenvalue weighted by Crippen LogP contribution is 2.39. The van der Waals surface area contributed by atoms with Gasteiger partial charge in [0.1, 0.15) is 17.1 Å². The third-order valence-electron chi connectivity index (χ3n) is 6.32. The number of hydrogen-bond acceptors (Lipinski definition) is 5. The number of carbonyl (C=O) groups excluding carboxylic acids is 2. The van der Waals surface area contributed by atoms with Gasteiger partial charge in [-0.05, 0) is 42.2 Å². The lowest BCUT2D eigenvalue weighted by Crippen LogP contribution is -2.42. The first kappa shape index (κ1) is 22.3. The Hall–Kier alpha value is -3.87. The van der Waals surface area contributed by atoms with Crippen LogP contribution in [0.4, 0.5) is 0 Å². The topological polar surface area (TPSA) is 94.8 Å². The molecule has 2 aromatic carbocycles. The summed E-state index contributed by atoms with van der Waals surface area (Å²) < 4.78 is 10.8. The molecule has 3 aromatic rings. The van der Waals surface area contributed by atoms with Crippen LogP contribution >= 0.6 is 0 Å². The number of pyridine rings is 1. The molecule has 33 heavy (non-hydrogen) atoms. The minimum Gasteiger partial charge on any atom is -0.496 e. The fourth-order valence-electron chi connectivity index (χ4n) is 4.54. The summed E-state index contributed by atoms with van der Waals surface area (Å²) in [6, 6.07) is 17.0. The molecule has 170 valence electrons. The van der Waals surface area contributed by atoms with Gasteiger partial charge in [0.2, 0.25) is 5.91 Å². The maximum absolute atomic E-state index is 13.5. The molecule has 2 heterocycles. The first-order chi connectivity index (χ1) is 16.0. The van der Waals surface area contributed by atoms with Gasteiger partial charge in [-0.3, -0.25) is 14.6 Å². The monoisotopic (exact) mass is 445 g/mol. The number of rotatable bonds is 7. The van der Waals surface area contributed by atoms with E-state index in [-0.39, 0.29) is 12.5 Å². The molecule has 1 aromatic heterocycles. The molecular formula is C26H27N3O4. The van der Waals surface area contributed by atoms with E-state index in [9.17, 15) is 9.59 Å². The van der Waals surface area contributed by atoms with Crippen LogP contribution in [0.15, 0.2) is 67.0 Å². The quantitative estimate of drug-likeness (QED) is 0.602. The molecule has 2 amide bonds. The van der Waals surface area contributed by atoms with E-state index < -0.39 is 11.3 Å². The summed E-state index contributed by atoms with van der Waals surface area (Å²) in [6.07, 6.45) is 4.44. The van der Waals surface area contributed by atoms with Crippen molar-refractivity contribution in [3.63, 3.8) is 0 Å². The molecule has 7 nitrogen and oxygen atoms in total. The van der Waals surface area contributed by atoms with Gasteiger partial charge < -0.3 is 20.1 Å². The number of primary amides is 1. The van der Waals surface area contributed by atoms with E-state index in [0.717, 1.165) is 16.7 Å². The highest BCUT2D eigenvalue weighted by atomic mass is 16.5. The number of likely N-dealkylation sites (tertiary alicyclic amines) is 1. The highest BCUT2D eigenvalue weighted by molar-refractivity contribution is 6.00. The third kappa shape index (κ3) is 4.26. The molecular weight excluding hydrogens is 418 g/mol. The molecule has 2 N–H and O–H groups in total. The van der Waals surface area contributed by atoms with Crippen molar-refractivity contribution >= 4 is 11.8 Å². The zero-order valence-electron chi connectivity index (χ0n) is 18.8. The standard InChI is InChI=1S/C26H27N3O4/c1-32-21-10-5-11-22(33-2)23(21)24(30)29-14-12-26(17-29,25(27)31)15-18-7-3-4-9-20(18)19-8-6-13-28-16-19/h3-11,13,16H,12,14-15,17H2,1-2H3,(H2,27,31). The first-order valence-electron chi connectivity index (χ1n) is 10.8. The van der Waals surface area contributed by atoms with Crippen molar-refractivity contribution in [2.75, 3.05) is 27.3 Å². The Bertz CT molecular complexity index is 1140. The summed E-state index contributed by atoms with van der Waals surface area (Å²) in [5.74, 6) is 0.203. The number of ether oxygens (including phenoxy) is 2. The van der Waals surface area contributed by atoms with Crippen molar-refractivity contribution in [3.05, 3.63) is 78.1 Å². The van der Waals surface area contributed by atoms with Gasteiger partial charge in [-0.15, -0.1) is 0 Å². The van der Waals surface area contributed by atoms with Crippen LogP contribution in [0.5, 0.6) is 11.5 Å². The molecule has 4 rings (SSSR count). The number of nitrogens with two attached hydrogens (primary N) is 1. The number of carbonyl (C=O) groups is 2. The average Bonchev–Trinajstić information content (AvgIpc) is 3.29. The number of benzene rings is 2. The van der Waals surface area contributed by atoms with E-state index in [1.54, 1.807) is 35.5 Å². The molecule has 7 heteroatoms. The first-order valence-corrected chi connectivity index (χ1v) is 10.8. The Morgan fingerprint density at radius 2 is 1.76 bits per heavy atom. The molecule has 0 bridgehead atoms. The summed E-state index contributed by atoms with van der Waals surface area (Å²) >= 11 is 0. The maximum Gasteiger partial charge on any atom is 0.261 e.